The summed E-state index contributed by atoms with van der Waals surface area (Å²) in [5.41, 5.74) is 1.34. The van der Waals surface area contributed by atoms with E-state index >= 15 is 0 Å². The van der Waals surface area contributed by atoms with Crippen LogP contribution >= 0.6 is 0 Å². The number of aryl methyl sites for hydroxylation is 1. The predicted molar refractivity (Wildman–Crippen MR) is 74.9 cm³/mol. The fourth-order valence-electron chi connectivity index (χ4n) is 2.42. The summed E-state index contributed by atoms with van der Waals surface area (Å²) in [6, 6.07) is 10.4. The van der Waals surface area contributed by atoms with Crippen LogP contribution in [-0.4, -0.2) is 16.8 Å². The molecule has 19 heavy (non-hydrogen) atoms. The Balaban J connectivity index is 2.62. The minimum atomic E-state index is -0.180. The molecule has 1 heterocycles. The van der Waals surface area contributed by atoms with E-state index in [4.69, 9.17) is 4.74 Å². The summed E-state index contributed by atoms with van der Waals surface area (Å²) in [6.45, 7) is 0. The molecule has 4 nitrogen and oxygen atoms in total. The Kier molecular flexibility index (Phi) is 2.45. The number of fused-ring (bicyclic) bond motifs is 2. The molecule has 0 spiro atoms. The van der Waals surface area contributed by atoms with Crippen LogP contribution in [0.15, 0.2) is 41.2 Å². The second-order valence-electron chi connectivity index (χ2n) is 4.44. The van der Waals surface area contributed by atoms with Gasteiger partial charge in [0.15, 0.2) is 0 Å². The van der Waals surface area contributed by atoms with Gasteiger partial charge in [-0.15, -0.1) is 0 Å². The first-order valence-corrected chi connectivity index (χ1v) is 5.92. The van der Waals surface area contributed by atoms with Crippen LogP contribution in [-0.2, 0) is 7.05 Å². The highest BCUT2D eigenvalue weighted by Crippen LogP contribution is 2.26. The molecule has 0 aliphatic rings. The number of methoxy groups -OCH3 is 1. The van der Waals surface area contributed by atoms with Crippen LogP contribution in [0.2, 0.25) is 0 Å². The van der Waals surface area contributed by atoms with Gasteiger partial charge in [0.25, 0.3) is 0 Å². The number of aromatic hydroxyl groups is 1. The first-order chi connectivity index (χ1) is 9.13. The smallest absolute Gasteiger partial charge is 0.201 e. The molecule has 3 rings (SSSR count). The van der Waals surface area contributed by atoms with Crippen LogP contribution < -0.4 is 10.2 Å². The molecule has 0 aliphatic carbocycles. The highest BCUT2D eigenvalue weighted by molar-refractivity contribution is 5.96. The standard InChI is InChI=1S/C15H13NO3/c1-16-11-7-6-9(19-2)8-10(11)15(18)14-12(16)4-3-5-13(14)17/h3-8,17H,1-2H3. The minimum Gasteiger partial charge on any atom is -0.507 e. The third-order valence-electron chi connectivity index (χ3n) is 3.42. The van der Waals surface area contributed by atoms with Crippen molar-refractivity contribution >= 4 is 21.8 Å². The molecule has 0 atom stereocenters. The van der Waals surface area contributed by atoms with Gasteiger partial charge in [0, 0.05) is 7.05 Å². The molecule has 0 aliphatic heterocycles. The van der Waals surface area contributed by atoms with E-state index < -0.39 is 0 Å². The number of ether oxygens (including phenoxy) is 1. The van der Waals surface area contributed by atoms with Gasteiger partial charge in [0.05, 0.1) is 28.9 Å². The number of aromatic nitrogens is 1. The molecule has 1 N–H and O–H groups in total. The van der Waals surface area contributed by atoms with Crippen molar-refractivity contribution in [2.45, 2.75) is 0 Å². The number of pyridine rings is 1. The van der Waals surface area contributed by atoms with Gasteiger partial charge in [0.2, 0.25) is 5.43 Å². The van der Waals surface area contributed by atoms with E-state index in [0.29, 0.717) is 22.0 Å². The Bertz CT molecular complexity index is 849. The zero-order valence-electron chi connectivity index (χ0n) is 10.7. The lowest BCUT2D eigenvalue weighted by atomic mass is 10.1. The van der Waals surface area contributed by atoms with E-state index in [1.165, 1.54) is 6.07 Å². The molecule has 0 radical (unpaired) electrons. The summed E-state index contributed by atoms with van der Waals surface area (Å²) in [4.78, 5) is 12.5. The lowest BCUT2D eigenvalue weighted by Crippen LogP contribution is -2.09. The summed E-state index contributed by atoms with van der Waals surface area (Å²) < 4.78 is 7.04. The van der Waals surface area contributed by atoms with Crippen molar-refractivity contribution < 1.29 is 9.84 Å². The average molecular weight is 255 g/mol. The van der Waals surface area contributed by atoms with Crippen molar-refractivity contribution in [3.05, 3.63) is 46.6 Å². The first-order valence-electron chi connectivity index (χ1n) is 5.92. The van der Waals surface area contributed by atoms with Crippen molar-refractivity contribution in [1.29, 1.82) is 0 Å². The Labute approximate surface area is 109 Å². The zero-order chi connectivity index (χ0) is 13.6. The maximum atomic E-state index is 12.5. The Hall–Kier alpha value is -2.49. The van der Waals surface area contributed by atoms with E-state index in [-0.39, 0.29) is 11.2 Å². The van der Waals surface area contributed by atoms with E-state index in [0.717, 1.165) is 5.52 Å². The van der Waals surface area contributed by atoms with Crippen molar-refractivity contribution in [2.24, 2.45) is 7.05 Å². The Morgan fingerprint density at radius 2 is 1.95 bits per heavy atom. The predicted octanol–water partition coefficient (Wildman–Crippen LogP) is 2.41. The number of hydrogen-bond acceptors (Lipinski definition) is 3. The van der Waals surface area contributed by atoms with Crippen LogP contribution in [0.5, 0.6) is 11.5 Å². The molecule has 96 valence electrons. The number of phenolic OH excluding ortho intramolecular Hbond substituents is 1. The minimum absolute atomic E-state index is 0.00261. The molecule has 0 bridgehead atoms. The fourth-order valence-corrected chi connectivity index (χ4v) is 2.42. The zero-order valence-corrected chi connectivity index (χ0v) is 10.7. The van der Waals surface area contributed by atoms with Crippen molar-refractivity contribution in [3.8, 4) is 11.5 Å². The number of phenols is 1. The highest BCUT2D eigenvalue weighted by Gasteiger charge is 2.12. The molecule has 2 aromatic carbocycles. The van der Waals surface area contributed by atoms with Crippen molar-refractivity contribution in [1.82, 2.24) is 4.57 Å². The number of nitrogens with zero attached hydrogens (tertiary/aromatic N) is 1. The second-order valence-corrected chi connectivity index (χ2v) is 4.44. The topological polar surface area (TPSA) is 51.5 Å². The molecule has 4 heteroatoms. The summed E-state index contributed by atoms with van der Waals surface area (Å²) in [7, 11) is 3.43. The molecule has 0 amide bonds. The number of rotatable bonds is 1. The Morgan fingerprint density at radius 1 is 1.16 bits per heavy atom. The summed E-state index contributed by atoms with van der Waals surface area (Å²) in [5, 5.41) is 10.8. The van der Waals surface area contributed by atoms with Crippen LogP contribution in [0.3, 0.4) is 0 Å². The van der Waals surface area contributed by atoms with Gasteiger partial charge >= 0.3 is 0 Å². The van der Waals surface area contributed by atoms with E-state index in [9.17, 15) is 9.90 Å². The molecule has 0 unspecified atom stereocenters. The molecular weight excluding hydrogens is 242 g/mol. The third kappa shape index (κ3) is 1.57. The van der Waals surface area contributed by atoms with Gasteiger partial charge in [-0.05, 0) is 30.3 Å². The second kappa shape index (κ2) is 4.02. The van der Waals surface area contributed by atoms with Gasteiger partial charge in [-0.25, -0.2) is 0 Å². The summed E-state index contributed by atoms with van der Waals surface area (Å²) in [6.07, 6.45) is 0. The normalized spacial score (nSPS) is 11.1. The number of hydrogen-bond donors (Lipinski definition) is 1. The van der Waals surface area contributed by atoms with E-state index in [1.54, 1.807) is 19.2 Å². The van der Waals surface area contributed by atoms with Crippen LogP contribution in [0.1, 0.15) is 0 Å². The Morgan fingerprint density at radius 3 is 2.68 bits per heavy atom. The van der Waals surface area contributed by atoms with E-state index in [2.05, 4.69) is 0 Å². The summed E-state index contributed by atoms with van der Waals surface area (Å²) in [5.74, 6) is 0.627. The van der Waals surface area contributed by atoms with Gasteiger partial charge in [0.1, 0.15) is 11.5 Å². The monoisotopic (exact) mass is 255 g/mol. The van der Waals surface area contributed by atoms with Crippen molar-refractivity contribution in [3.63, 3.8) is 0 Å². The molecule has 0 fully saturated rings. The van der Waals surface area contributed by atoms with Gasteiger partial charge in [-0.1, -0.05) is 6.07 Å². The maximum absolute atomic E-state index is 12.5. The van der Waals surface area contributed by atoms with Crippen LogP contribution in [0, 0.1) is 0 Å². The van der Waals surface area contributed by atoms with Crippen molar-refractivity contribution in [2.75, 3.05) is 7.11 Å². The maximum Gasteiger partial charge on any atom is 0.201 e. The number of benzene rings is 2. The van der Waals surface area contributed by atoms with Crippen LogP contribution in [0.25, 0.3) is 21.8 Å². The van der Waals surface area contributed by atoms with Gasteiger partial charge < -0.3 is 14.4 Å². The lowest BCUT2D eigenvalue weighted by molar-refractivity contribution is 0.415. The molecule has 1 aromatic heterocycles. The lowest BCUT2D eigenvalue weighted by Gasteiger charge is -2.11. The SMILES string of the molecule is COc1ccc2c(c1)c(=O)c1c(O)cccc1n2C. The quantitative estimate of drug-likeness (QED) is 0.679. The first kappa shape index (κ1) is 11.6. The van der Waals surface area contributed by atoms with Gasteiger partial charge in [-0.2, -0.15) is 0 Å². The fraction of sp³-hybridized carbons (Fsp3) is 0.133. The van der Waals surface area contributed by atoms with E-state index in [1.807, 2.05) is 29.8 Å². The summed E-state index contributed by atoms with van der Waals surface area (Å²) >= 11 is 0. The molecule has 0 saturated heterocycles. The average Bonchev–Trinajstić information content (AvgIpc) is 2.44. The molecule has 3 aromatic rings. The largest absolute Gasteiger partial charge is 0.507 e. The highest BCUT2D eigenvalue weighted by atomic mass is 16.5. The molecule has 0 saturated carbocycles. The molecular formula is C15H13NO3. The van der Waals surface area contributed by atoms with Crippen LogP contribution in [0.4, 0.5) is 0 Å². The third-order valence-corrected chi connectivity index (χ3v) is 3.42. The van der Waals surface area contributed by atoms with Gasteiger partial charge in [-0.3, -0.25) is 4.79 Å².